The fraction of sp³-hybridized carbons (Fsp3) is 0.200. The zero-order chi connectivity index (χ0) is 24.6. The van der Waals surface area contributed by atoms with E-state index in [9.17, 15) is 13.6 Å². The highest BCUT2D eigenvalue weighted by Crippen LogP contribution is 2.17. The molecule has 0 saturated heterocycles. The van der Waals surface area contributed by atoms with Crippen LogP contribution in [0.15, 0.2) is 71.7 Å². The topological polar surface area (TPSA) is 34.4 Å². The maximum Gasteiger partial charge on any atom is 0.261 e. The van der Waals surface area contributed by atoms with E-state index in [1.807, 2.05) is 12.1 Å². The third kappa shape index (κ3) is 6.22. The Kier molecular flexibility index (Phi) is 7.70. The Morgan fingerprint density at radius 3 is 2.03 bits per heavy atom. The van der Waals surface area contributed by atoms with Crippen molar-refractivity contribution in [3.8, 4) is 23.7 Å². The number of aromatic nitrogens is 2. The molecule has 0 N–H and O–H groups in total. The summed E-state index contributed by atoms with van der Waals surface area (Å²) in [6, 6.07) is 15.8. The van der Waals surface area contributed by atoms with Crippen LogP contribution in [0.3, 0.4) is 0 Å². The van der Waals surface area contributed by atoms with Crippen LogP contribution in [0.5, 0.6) is 0 Å². The van der Waals surface area contributed by atoms with Gasteiger partial charge in [0.15, 0.2) is 0 Å². The average Bonchev–Trinajstić information content (AvgIpc) is 3.11. The van der Waals surface area contributed by atoms with Crippen molar-refractivity contribution in [2.75, 3.05) is 0 Å². The number of aryl methyl sites for hydroxylation is 1. The van der Waals surface area contributed by atoms with Crippen molar-refractivity contribution in [1.82, 2.24) is 9.38 Å². The number of rotatable bonds is 0. The molecule has 0 radical (unpaired) electrons. The predicted octanol–water partition coefficient (Wildman–Crippen LogP) is 5.70. The molecule has 1 aliphatic rings. The van der Waals surface area contributed by atoms with Crippen LogP contribution in [0.2, 0.25) is 0 Å². The molecule has 35 heavy (non-hydrogen) atoms. The zero-order valence-corrected chi connectivity index (χ0v) is 19.4. The van der Waals surface area contributed by atoms with Crippen molar-refractivity contribution in [1.29, 1.82) is 0 Å². The summed E-state index contributed by atoms with van der Waals surface area (Å²) in [6.07, 6.45) is 6.70. The van der Waals surface area contributed by atoms with Crippen LogP contribution in [0.1, 0.15) is 54.1 Å². The van der Waals surface area contributed by atoms with E-state index in [1.165, 1.54) is 24.3 Å². The van der Waals surface area contributed by atoms with Gasteiger partial charge in [-0.2, -0.15) is 0 Å². The standard InChI is InChI=1S/C21H17FN2O.C9H7F/c22-17-10-8-15(9-11-17)6-7-16-12-13-24-20(14-16)23-19-5-3-1-2-4-18(19)21(24)25;1-2-3-8-4-6-9(10)7-5-8/h8-14H,1-5H2;4-7H,1H3. The summed E-state index contributed by atoms with van der Waals surface area (Å²) in [6.45, 7) is 1.75. The van der Waals surface area contributed by atoms with E-state index in [4.69, 9.17) is 4.98 Å². The second-order valence-electron chi connectivity index (χ2n) is 8.19. The maximum atomic E-state index is 12.9. The van der Waals surface area contributed by atoms with Crippen molar-refractivity contribution < 1.29 is 8.78 Å². The smallest absolute Gasteiger partial charge is 0.261 e. The van der Waals surface area contributed by atoms with Gasteiger partial charge >= 0.3 is 0 Å². The summed E-state index contributed by atoms with van der Waals surface area (Å²) in [7, 11) is 0. The van der Waals surface area contributed by atoms with Crippen LogP contribution in [0.4, 0.5) is 8.78 Å². The first kappa shape index (κ1) is 23.9. The predicted molar refractivity (Wildman–Crippen MR) is 134 cm³/mol. The van der Waals surface area contributed by atoms with Crippen LogP contribution in [0.25, 0.3) is 5.65 Å². The van der Waals surface area contributed by atoms with Crippen LogP contribution in [-0.4, -0.2) is 9.38 Å². The van der Waals surface area contributed by atoms with Crippen LogP contribution in [0, 0.1) is 35.3 Å². The van der Waals surface area contributed by atoms with E-state index in [1.54, 1.807) is 41.8 Å². The molecular formula is C30H24F2N2O. The number of benzene rings is 2. The number of fused-ring (bicyclic) bond motifs is 2. The monoisotopic (exact) mass is 466 g/mol. The van der Waals surface area contributed by atoms with Gasteiger partial charge in [0.05, 0.1) is 5.69 Å². The molecule has 5 rings (SSSR count). The van der Waals surface area contributed by atoms with Crippen molar-refractivity contribution in [2.24, 2.45) is 0 Å². The third-order valence-electron chi connectivity index (χ3n) is 5.66. The molecule has 0 amide bonds. The number of pyridine rings is 1. The normalized spacial score (nSPS) is 12.1. The Morgan fingerprint density at radius 1 is 0.771 bits per heavy atom. The first-order valence-corrected chi connectivity index (χ1v) is 11.5. The van der Waals surface area contributed by atoms with E-state index in [0.29, 0.717) is 5.65 Å². The zero-order valence-electron chi connectivity index (χ0n) is 19.4. The third-order valence-corrected chi connectivity index (χ3v) is 5.66. The van der Waals surface area contributed by atoms with Gasteiger partial charge in [-0.1, -0.05) is 24.2 Å². The molecule has 3 nitrogen and oxygen atoms in total. The van der Waals surface area contributed by atoms with Crippen LogP contribution < -0.4 is 5.56 Å². The lowest BCUT2D eigenvalue weighted by molar-refractivity contribution is 0.627. The molecule has 0 aliphatic heterocycles. The summed E-state index contributed by atoms with van der Waals surface area (Å²) in [5, 5.41) is 0. The van der Waals surface area contributed by atoms with E-state index >= 15 is 0 Å². The fourth-order valence-corrected chi connectivity index (χ4v) is 3.88. The minimum absolute atomic E-state index is 0.0416. The molecule has 2 aromatic heterocycles. The SMILES string of the molecule is CC#Cc1ccc(F)cc1.O=c1c2c(nc3cc(C#Cc4ccc(F)cc4)ccn13)CCCCC2. The Balaban J connectivity index is 0.000000243. The summed E-state index contributed by atoms with van der Waals surface area (Å²) >= 11 is 0. The lowest BCUT2D eigenvalue weighted by atomic mass is 10.1. The van der Waals surface area contributed by atoms with E-state index in [-0.39, 0.29) is 17.2 Å². The molecular weight excluding hydrogens is 442 g/mol. The molecule has 4 aromatic rings. The highest BCUT2D eigenvalue weighted by molar-refractivity contribution is 5.51. The van der Waals surface area contributed by atoms with Gasteiger partial charge in [0, 0.05) is 28.5 Å². The molecule has 0 fully saturated rings. The van der Waals surface area contributed by atoms with Gasteiger partial charge in [0.2, 0.25) is 0 Å². The van der Waals surface area contributed by atoms with Crippen molar-refractivity contribution in [2.45, 2.75) is 39.0 Å². The van der Waals surface area contributed by atoms with Crippen molar-refractivity contribution in [3.63, 3.8) is 0 Å². The van der Waals surface area contributed by atoms with E-state index in [2.05, 4.69) is 23.7 Å². The largest absolute Gasteiger partial charge is 0.269 e. The molecule has 0 spiro atoms. The first-order chi connectivity index (χ1) is 17.0. The minimum atomic E-state index is -0.277. The molecule has 2 heterocycles. The van der Waals surface area contributed by atoms with E-state index < -0.39 is 0 Å². The van der Waals surface area contributed by atoms with E-state index in [0.717, 1.165) is 60.1 Å². The number of halogens is 2. The lowest BCUT2D eigenvalue weighted by Gasteiger charge is -2.08. The highest BCUT2D eigenvalue weighted by Gasteiger charge is 2.15. The number of nitrogens with zero attached hydrogens (tertiary/aromatic N) is 2. The van der Waals surface area contributed by atoms with Crippen molar-refractivity contribution >= 4 is 5.65 Å². The second kappa shape index (κ2) is 11.3. The molecule has 0 atom stereocenters. The average molecular weight is 467 g/mol. The summed E-state index contributed by atoms with van der Waals surface area (Å²) in [4.78, 5) is 17.4. The molecule has 0 bridgehead atoms. The Labute approximate surface area is 203 Å². The van der Waals surface area contributed by atoms with Gasteiger partial charge in [-0.15, -0.1) is 5.92 Å². The summed E-state index contributed by atoms with van der Waals surface area (Å²) in [5.41, 5.74) is 4.85. The molecule has 2 aromatic carbocycles. The Hall–Kier alpha value is -4.22. The van der Waals surface area contributed by atoms with Gasteiger partial charge in [-0.05, 0) is 93.3 Å². The summed E-state index contributed by atoms with van der Waals surface area (Å²) < 4.78 is 26.8. The molecule has 1 aliphatic carbocycles. The lowest BCUT2D eigenvalue weighted by Crippen LogP contribution is -2.22. The van der Waals surface area contributed by atoms with Gasteiger partial charge in [0.25, 0.3) is 5.56 Å². The molecule has 5 heteroatoms. The quantitative estimate of drug-likeness (QED) is 0.246. The minimum Gasteiger partial charge on any atom is -0.269 e. The number of hydrogen-bond donors (Lipinski definition) is 0. The Bertz CT molecular complexity index is 1510. The summed E-state index contributed by atoms with van der Waals surface area (Å²) in [5.74, 6) is 11.1. The molecule has 0 unspecified atom stereocenters. The van der Waals surface area contributed by atoms with Gasteiger partial charge < -0.3 is 0 Å². The van der Waals surface area contributed by atoms with Crippen LogP contribution in [-0.2, 0) is 12.8 Å². The van der Waals surface area contributed by atoms with Gasteiger partial charge in [-0.25, -0.2) is 13.8 Å². The van der Waals surface area contributed by atoms with Crippen LogP contribution >= 0.6 is 0 Å². The Morgan fingerprint density at radius 2 is 1.37 bits per heavy atom. The fourth-order valence-electron chi connectivity index (χ4n) is 3.88. The van der Waals surface area contributed by atoms with Gasteiger partial charge in [0.1, 0.15) is 17.3 Å². The maximum absolute atomic E-state index is 12.9. The van der Waals surface area contributed by atoms with Crippen molar-refractivity contribution in [3.05, 3.63) is 117 Å². The second-order valence-corrected chi connectivity index (χ2v) is 8.19. The molecule has 0 saturated carbocycles. The van der Waals surface area contributed by atoms with Gasteiger partial charge in [-0.3, -0.25) is 9.20 Å². The number of hydrogen-bond acceptors (Lipinski definition) is 2. The molecule has 174 valence electrons. The highest BCUT2D eigenvalue weighted by atomic mass is 19.1. The first-order valence-electron chi connectivity index (χ1n) is 11.5.